The van der Waals surface area contributed by atoms with Crippen molar-refractivity contribution in [3.05, 3.63) is 0 Å². The van der Waals surface area contributed by atoms with Crippen LogP contribution in [-0.4, -0.2) is 60.4 Å². The highest BCUT2D eigenvalue weighted by Gasteiger charge is 2.43. The highest BCUT2D eigenvalue weighted by Crippen LogP contribution is 2.40. The lowest BCUT2D eigenvalue weighted by Crippen LogP contribution is -2.46. The fourth-order valence-corrected chi connectivity index (χ4v) is 3.20. The van der Waals surface area contributed by atoms with E-state index >= 15 is 0 Å². The first kappa shape index (κ1) is 16.9. The van der Waals surface area contributed by atoms with Crippen molar-refractivity contribution in [3.8, 4) is 0 Å². The lowest BCUT2D eigenvalue weighted by molar-refractivity contribution is 0.0107. The molecule has 22 heavy (non-hydrogen) atoms. The van der Waals surface area contributed by atoms with Gasteiger partial charge in [-0.1, -0.05) is 0 Å². The van der Waals surface area contributed by atoms with E-state index in [-0.39, 0.29) is 17.6 Å². The molecule has 126 valence electrons. The standard InChI is InChI=1S/C16H28N2O4/c1-5-21-13(19)18-11-8-16(12-18)6-9-17(10-7-16)14(20)22-15(2,3)4/h5-12H2,1-4H3. The van der Waals surface area contributed by atoms with Gasteiger partial charge in [0.1, 0.15) is 5.60 Å². The molecule has 0 saturated carbocycles. The van der Waals surface area contributed by atoms with Gasteiger partial charge >= 0.3 is 12.2 Å². The molecular weight excluding hydrogens is 284 g/mol. The van der Waals surface area contributed by atoms with Crippen LogP contribution in [0.3, 0.4) is 0 Å². The predicted octanol–water partition coefficient (Wildman–Crippen LogP) is 2.87. The number of ether oxygens (including phenoxy) is 2. The molecule has 0 aromatic heterocycles. The summed E-state index contributed by atoms with van der Waals surface area (Å²) in [5, 5.41) is 0. The van der Waals surface area contributed by atoms with Crippen molar-refractivity contribution in [1.29, 1.82) is 0 Å². The number of nitrogens with zero attached hydrogens (tertiary/aromatic N) is 2. The molecule has 0 radical (unpaired) electrons. The number of carbonyl (C=O) groups excluding carboxylic acids is 2. The quantitative estimate of drug-likeness (QED) is 0.747. The molecule has 2 heterocycles. The molecule has 2 fully saturated rings. The number of hydrogen-bond donors (Lipinski definition) is 0. The van der Waals surface area contributed by atoms with Gasteiger partial charge in [0.15, 0.2) is 0 Å². The lowest BCUT2D eigenvalue weighted by Gasteiger charge is -2.39. The number of piperidine rings is 1. The maximum absolute atomic E-state index is 12.1. The summed E-state index contributed by atoms with van der Waals surface area (Å²) in [7, 11) is 0. The summed E-state index contributed by atoms with van der Waals surface area (Å²) in [6.45, 7) is 10.8. The van der Waals surface area contributed by atoms with Gasteiger partial charge in [0.25, 0.3) is 0 Å². The van der Waals surface area contributed by atoms with Crippen LogP contribution < -0.4 is 0 Å². The van der Waals surface area contributed by atoms with Crippen molar-refractivity contribution in [2.24, 2.45) is 5.41 Å². The fourth-order valence-electron chi connectivity index (χ4n) is 3.20. The van der Waals surface area contributed by atoms with Crippen LogP contribution in [0, 0.1) is 5.41 Å². The molecule has 0 aromatic carbocycles. The smallest absolute Gasteiger partial charge is 0.410 e. The third kappa shape index (κ3) is 4.05. The van der Waals surface area contributed by atoms with Crippen LogP contribution in [0.15, 0.2) is 0 Å². The number of likely N-dealkylation sites (tertiary alicyclic amines) is 2. The molecule has 0 aliphatic carbocycles. The molecule has 1 spiro atoms. The predicted molar refractivity (Wildman–Crippen MR) is 82.7 cm³/mol. The summed E-state index contributed by atoms with van der Waals surface area (Å²) in [4.78, 5) is 27.5. The molecule has 2 rings (SSSR count). The van der Waals surface area contributed by atoms with E-state index in [0.29, 0.717) is 19.7 Å². The third-order valence-corrected chi connectivity index (χ3v) is 4.44. The molecule has 6 nitrogen and oxygen atoms in total. The van der Waals surface area contributed by atoms with E-state index in [9.17, 15) is 9.59 Å². The van der Waals surface area contributed by atoms with Gasteiger partial charge in [0.2, 0.25) is 0 Å². The van der Waals surface area contributed by atoms with E-state index < -0.39 is 5.60 Å². The minimum Gasteiger partial charge on any atom is -0.450 e. The summed E-state index contributed by atoms with van der Waals surface area (Å²) >= 11 is 0. The molecule has 0 aromatic rings. The second-order valence-corrected chi connectivity index (χ2v) is 7.34. The molecule has 2 amide bonds. The van der Waals surface area contributed by atoms with Gasteiger partial charge in [-0.25, -0.2) is 9.59 Å². The molecule has 0 N–H and O–H groups in total. The lowest BCUT2D eigenvalue weighted by atomic mass is 9.78. The van der Waals surface area contributed by atoms with Gasteiger partial charge in [-0.2, -0.15) is 0 Å². The van der Waals surface area contributed by atoms with Crippen molar-refractivity contribution in [3.63, 3.8) is 0 Å². The molecule has 2 saturated heterocycles. The minimum absolute atomic E-state index is 0.144. The van der Waals surface area contributed by atoms with E-state index in [2.05, 4.69) is 0 Å². The Kier molecular flexibility index (Phi) is 4.87. The second-order valence-electron chi connectivity index (χ2n) is 7.34. The average molecular weight is 312 g/mol. The first-order chi connectivity index (χ1) is 10.2. The Morgan fingerprint density at radius 3 is 2.05 bits per heavy atom. The summed E-state index contributed by atoms with van der Waals surface area (Å²) in [6, 6.07) is 0. The van der Waals surface area contributed by atoms with Gasteiger partial charge in [-0.15, -0.1) is 0 Å². The van der Waals surface area contributed by atoms with E-state index in [1.165, 1.54) is 0 Å². The zero-order valence-corrected chi connectivity index (χ0v) is 14.2. The van der Waals surface area contributed by atoms with Crippen LogP contribution in [0.1, 0.15) is 47.0 Å². The number of rotatable bonds is 1. The zero-order valence-electron chi connectivity index (χ0n) is 14.2. The van der Waals surface area contributed by atoms with Crippen molar-refractivity contribution >= 4 is 12.2 Å². The Morgan fingerprint density at radius 2 is 1.55 bits per heavy atom. The van der Waals surface area contributed by atoms with Crippen LogP contribution in [0.2, 0.25) is 0 Å². The maximum atomic E-state index is 12.1. The molecular formula is C16H28N2O4. The van der Waals surface area contributed by atoms with Gasteiger partial charge in [0.05, 0.1) is 6.61 Å². The van der Waals surface area contributed by atoms with Crippen molar-refractivity contribution in [2.75, 3.05) is 32.8 Å². The summed E-state index contributed by atoms with van der Waals surface area (Å²) < 4.78 is 10.5. The highest BCUT2D eigenvalue weighted by molar-refractivity contribution is 5.69. The number of hydrogen-bond acceptors (Lipinski definition) is 4. The zero-order chi connectivity index (χ0) is 16.4. The third-order valence-electron chi connectivity index (χ3n) is 4.44. The van der Waals surface area contributed by atoms with Crippen LogP contribution in [0.25, 0.3) is 0 Å². The van der Waals surface area contributed by atoms with Gasteiger partial charge in [-0.3, -0.25) is 0 Å². The summed E-state index contributed by atoms with van der Waals surface area (Å²) in [6.07, 6.45) is 2.38. The first-order valence-electron chi connectivity index (χ1n) is 8.14. The van der Waals surface area contributed by atoms with Gasteiger partial charge in [0, 0.05) is 26.2 Å². The molecule has 2 aliphatic heterocycles. The molecule has 6 heteroatoms. The average Bonchev–Trinajstić information content (AvgIpc) is 2.82. The van der Waals surface area contributed by atoms with Crippen LogP contribution in [-0.2, 0) is 9.47 Å². The number of amides is 2. The Morgan fingerprint density at radius 1 is 1.00 bits per heavy atom. The van der Waals surface area contributed by atoms with Crippen LogP contribution >= 0.6 is 0 Å². The normalized spacial score (nSPS) is 21.1. The second kappa shape index (κ2) is 6.34. The van der Waals surface area contributed by atoms with E-state index in [4.69, 9.17) is 9.47 Å². The number of carbonyl (C=O) groups is 2. The van der Waals surface area contributed by atoms with Crippen LogP contribution in [0.5, 0.6) is 0 Å². The van der Waals surface area contributed by atoms with Crippen molar-refractivity contribution in [1.82, 2.24) is 9.80 Å². The molecule has 2 aliphatic rings. The Bertz CT molecular complexity index is 422. The Labute approximate surface area is 132 Å². The van der Waals surface area contributed by atoms with E-state index in [1.54, 1.807) is 9.80 Å². The molecule has 0 unspecified atom stereocenters. The largest absolute Gasteiger partial charge is 0.450 e. The monoisotopic (exact) mass is 312 g/mol. The topological polar surface area (TPSA) is 59.1 Å². The molecule has 0 atom stereocenters. The van der Waals surface area contributed by atoms with Crippen molar-refractivity contribution in [2.45, 2.75) is 52.6 Å². The summed E-state index contributed by atoms with van der Waals surface area (Å²) in [5.41, 5.74) is -0.314. The maximum Gasteiger partial charge on any atom is 0.410 e. The summed E-state index contributed by atoms with van der Waals surface area (Å²) in [5.74, 6) is 0. The minimum atomic E-state index is -0.458. The Balaban J connectivity index is 1.85. The highest BCUT2D eigenvalue weighted by atomic mass is 16.6. The van der Waals surface area contributed by atoms with Gasteiger partial charge < -0.3 is 19.3 Å². The van der Waals surface area contributed by atoms with Gasteiger partial charge in [-0.05, 0) is 52.4 Å². The first-order valence-corrected chi connectivity index (χ1v) is 8.14. The SMILES string of the molecule is CCOC(=O)N1CCC2(CCN(C(=O)OC(C)(C)C)CC2)C1. The van der Waals surface area contributed by atoms with Crippen molar-refractivity contribution < 1.29 is 19.1 Å². The van der Waals surface area contributed by atoms with E-state index in [0.717, 1.165) is 32.4 Å². The van der Waals surface area contributed by atoms with Crippen LogP contribution in [0.4, 0.5) is 9.59 Å². The van der Waals surface area contributed by atoms with E-state index in [1.807, 2.05) is 27.7 Å². The molecule has 0 bridgehead atoms. The Hall–Kier alpha value is -1.46. The fraction of sp³-hybridized carbons (Fsp3) is 0.875.